The van der Waals surface area contributed by atoms with Crippen molar-refractivity contribution < 1.29 is 4.84 Å². The Labute approximate surface area is 100.0 Å². The average Bonchev–Trinajstić information content (AvgIpc) is 2.07. The molecule has 2 atom stereocenters. The van der Waals surface area contributed by atoms with Crippen LogP contribution in [-0.2, 0) is 4.84 Å². The van der Waals surface area contributed by atoms with Crippen LogP contribution in [0.15, 0.2) is 0 Å². The SMILES string of the molecule is CN(I)CONC1CCCCC1(C)N. The lowest BCUT2D eigenvalue weighted by Crippen LogP contribution is -2.57. The highest BCUT2D eigenvalue weighted by Gasteiger charge is 2.32. The Morgan fingerprint density at radius 2 is 2.36 bits per heavy atom. The van der Waals surface area contributed by atoms with Crippen molar-refractivity contribution >= 4 is 22.9 Å². The van der Waals surface area contributed by atoms with E-state index in [-0.39, 0.29) is 11.6 Å². The minimum Gasteiger partial charge on any atom is -0.324 e. The fraction of sp³-hybridized carbons (Fsp3) is 1.00. The first-order valence-electron chi connectivity index (χ1n) is 5.05. The van der Waals surface area contributed by atoms with E-state index in [0.29, 0.717) is 6.73 Å². The Balaban J connectivity index is 2.27. The minimum atomic E-state index is -0.123. The number of nitrogens with two attached hydrogens (primary N) is 1. The highest BCUT2D eigenvalue weighted by Crippen LogP contribution is 2.25. The van der Waals surface area contributed by atoms with E-state index in [2.05, 4.69) is 35.3 Å². The number of hydroxylamine groups is 1. The molecule has 0 saturated heterocycles. The van der Waals surface area contributed by atoms with Crippen molar-refractivity contribution in [3.63, 3.8) is 0 Å². The highest BCUT2D eigenvalue weighted by molar-refractivity contribution is 14.1. The third-order valence-electron chi connectivity index (χ3n) is 2.72. The summed E-state index contributed by atoms with van der Waals surface area (Å²) in [6, 6.07) is 0.285. The summed E-state index contributed by atoms with van der Waals surface area (Å²) in [6.07, 6.45) is 4.66. The van der Waals surface area contributed by atoms with Crippen LogP contribution in [0.5, 0.6) is 0 Å². The maximum Gasteiger partial charge on any atom is 0.129 e. The normalized spacial score (nSPS) is 33.6. The lowest BCUT2D eigenvalue weighted by atomic mass is 9.80. The third-order valence-corrected chi connectivity index (χ3v) is 3.00. The second-order valence-electron chi connectivity index (χ2n) is 4.30. The molecule has 3 N–H and O–H groups in total. The second kappa shape index (κ2) is 5.60. The monoisotopic (exact) mass is 313 g/mol. The Morgan fingerprint density at radius 3 is 2.93 bits per heavy atom. The summed E-state index contributed by atoms with van der Waals surface area (Å²) in [5.74, 6) is 0. The van der Waals surface area contributed by atoms with Gasteiger partial charge in [-0.1, -0.05) is 12.8 Å². The van der Waals surface area contributed by atoms with Gasteiger partial charge < -0.3 is 5.73 Å². The van der Waals surface area contributed by atoms with Crippen LogP contribution in [0, 0.1) is 0 Å². The number of hydrogen-bond acceptors (Lipinski definition) is 4. The highest BCUT2D eigenvalue weighted by atomic mass is 127. The second-order valence-corrected chi connectivity index (χ2v) is 5.95. The standard InChI is InChI=1S/C9H20IN3O/c1-9(11)6-4-3-5-8(9)12-14-7-13(2)10/h8,12H,3-7,11H2,1-2H3. The lowest BCUT2D eigenvalue weighted by Gasteiger charge is -2.38. The van der Waals surface area contributed by atoms with Crippen LogP contribution in [0.25, 0.3) is 0 Å². The first-order chi connectivity index (χ1) is 6.52. The molecule has 0 radical (unpaired) electrons. The van der Waals surface area contributed by atoms with Crippen molar-refractivity contribution in [2.75, 3.05) is 13.8 Å². The summed E-state index contributed by atoms with van der Waals surface area (Å²) in [4.78, 5) is 5.36. The van der Waals surface area contributed by atoms with Crippen molar-refractivity contribution in [1.29, 1.82) is 0 Å². The minimum absolute atomic E-state index is 0.123. The quantitative estimate of drug-likeness (QED) is 0.357. The van der Waals surface area contributed by atoms with E-state index in [4.69, 9.17) is 10.6 Å². The van der Waals surface area contributed by atoms with Crippen LogP contribution in [0.4, 0.5) is 0 Å². The molecule has 0 amide bonds. The molecule has 0 spiro atoms. The molecule has 1 rings (SSSR count). The first-order valence-corrected chi connectivity index (χ1v) is 6.02. The summed E-state index contributed by atoms with van der Waals surface area (Å²) >= 11 is 2.18. The van der Waals surface area contributed by atoms with Crippen molar-refractivity contribution in [2.45, 2.75) is 44.2 Å². The molecule has 0 aliphatic heterocycles. The van der Waals surface area contributed by atoms with Crippen molar-refractivity contribution in [1.82, 2.24) is 8.59 Å². The van der Waals surface area contributed by atoms with E-state index in [0.717, 1.165) is 12.8 Å². The van der Waals surface area contributed by atoms with Gasteiger partial charge in [0.25, 0.3) is 0 Å². The van der Waals surface area contributed by atoms with Gasteiger partial charge in [0, 0.05) is 34.4 Å². The van der Waals surface area contributed by atoms with Crippen LogP contribution in [0.2, 0.25) is 0 Å². The van der Waals surface area contributed by atoms with Crippen molar-refractivity contribution in [3.05, 3.63) is 0 Å². The lowest BCUT2D eigenvalue weighted by molar-refractivity contribution is -0.0344. The molecule has 0 bridgehead atoms. The molecule has 5 heteroatoms. The zero-order chi connectivity index (χ0) is 10.6. The Morgan fingerprint density at radius 1 is 1.64 bits per heavy atom. The first kappa shape index (κ1) is 12.6. The summed E-state index contributed by atoms with van der Waals surface area (Å²) < 4.78 is 1.95. The molecule has 1 saturated carbocycles. The summed E-state index contributed by atoms with van der Waals surface area (Å²) in [5, 5.41) is 0. The predicted molar refractivity (Wildman–Crippen MR) is 65.7 cm³/mol. The van der Waals surface area contributed by atoms with Gasteiger partial charge in [-0.15, -0.1) is 0 Å². The predicted octanol–water partition coefficient (Wildman–Crippen LogP) is 1.41. The number of hydrogen-bond donors (Lipinski definition) is 2. The third kappa shape index (κ3) is 3.98. The molecule has 84 valence electrons. The van der Waals surface area contributed by atoms with E-state index >= 15 is 0 Å². The summed E-state index contributed by atoms with van der Waals surface area (Å²) in [5.41, 5.74) is 9.13. The molecule has 0 aromatic rings. The number of rotatable bonds is 4. The van der Waals surface area contributed by atoms with Crippen molar-refractivity contribution in [2.24, 2.45) is 5.73 Å². The number of halogens is 1. The zero-order valence-corrected chi connectivity index (χ0v) is 11.1. The fourth-order valence-corrected chi connectivity index (χ4v) is 1.92. The van der Waals surface area contributed by atoms with Crippen molar-refractivity contribution in [3.8, 4) is 0 Å². The van der Waals surface area contributed by atoms with Gasteiger partial charge in [0.1, 0.15) is 6.73 Å². The van der Waals surface area contributed by atoms with Gasteiger partial charge in [-0.25, -0.2) is 3.11 Å². The topological polar surface area (TPSA) is 50.5 Å². The van der Waals surface area contributed by atoms with Crippen LogP contribution in [-0.4, -0.2) is 28.5 Å². The van der Waals surface area contributed by atoms with Gasteiger partial charge in [-0.05, 0) is 26.8 Å². The van der Waals surface area contributed by atoms with E-state index in [1.807, 2.05) is 10.2 Å². The largest absolute Gasteiger partial charge is 0.324 e. The van der Waals surface area contributed by atoms with Gasteiger partial charge in [0.2, 0.25) is 0 Å². The molecule has 1 aliphatic carbocycles. The van der Waals surface area contributed by atoms with Crippen LogP contribution < -0.4 is 11.2 Å². The molecule has 1 fully saturated rings. The van der Waals surface area contributed by atoms with Gasteiger partial charge >= 0.3 is 0 Å². The van der Waals surface area contributed by atoms with Gasteiger partial charge in [0.15, 0.2) is 0 Å². The number of nitrogens with zero attached hydrogens (tertiary/aromatic N) is 1. The van der Waals surface area contributed by atoms with Gasteiger partial charge in [-0.3, -0.25) is 4.84 Å². The van der Waals surface area contributed by atoms with Crippen LogP contribution in [0.3, 0.4) is 0 Å². The Kier molecular flexibility index (Phi) is 5.05. The zero-order valence-electron chi connectivity index (χ0n) is 8.92. The molecule has 0 aromatic heterocycles. The summed E-state index contributed by atoms with van der Waals surface area (Å²) in [7, 11) is 1.96. The van der Waals surface area contributed by atoms with Gasteiger partial charge in [-0.2, -0.15) is 5.48 Å². The molecule has 14 heavy (non-hydrogen) atoms. The Hall–Kier alpha value is 0.570. The number of nitrogens with one attached hydrogen (secondary N) is 1. The fourth-order valence-electron chi connectivity index (χ4n) is 1.78. The molecule has 4 nitrogen and oxygen atoms in total. The molecule has 0 heterocycles. The molecule has 0 aromatic carbocycles. The average molecular weight is 313 g/mol. The van der Waals surface area contributed by atoms with Crippen LogP contribution in [0.1, 0.15) is 32.6 Å². The van der Waals surface area contributed by atoms with E-state index in [1.54, 1.807) is 0 Å². The Bertz CT molecular complexity index is 175. The van der Waals surface area contributed by atoms with Gasteiger partial charge in [0.05, 0.1) is 0 Å². The summed E-state index contributed by atoms with van der Waals surface area (Å²) in [6.45, 7) is 2.67. The maximum atomic E-state index is 6.18. The smallest absolute Gasteiger partial charge is 0.129 e. The van der Waals surface area contributed by atoms with E-state index in [1.165, 1.54) is 12.8 Å². The maximum absolute atomic E-state index is 6.18. The van der Waals surface area contributed by atoms with Crippen LogP contribution >= 0.6 is 22.9 Å². The molecular weight excluding hydrogens is 293 g/mol. The van der Waals surface area contributed by atoms with E-state index < -0.39 is 0 Å². The molecule has 2 unspecified atom stereocenters. The molecular formula is C9H20IN3O. The molecule has 1 aliphatic rings. The van der Waals surface area contributed by atoms with E-state index in [9.17, 15) is 0 Å².